The highest BCUT2D eigenvalue weighted by Crippen LogP contribution is 2.26. The number of hydrogen-bond acceptors (Lipinski definition) is 4. The average Bonchev–Trinajstić information content (AvgIpc) is 2.52. The molecule has 2 fully saturated rings. The topological polar surface area (TPSA) is 30.5 Å². The third-order valence-corrected chi connectivity index (χ3v) is 4.37. The molecule has 0 amide bonds. The molecule has 1 aromatic rings. The molecule has 0 aliphatic carbocycles. The van der Waals surface area contributed by atoms with Gasteiger partial charge in [-0.3, -0.25) is 9.80 Å². The van der Waals surface area contributed by atoms with Gasteiger partial charge in [0.2, 0.25) is 0 Å². The lowest BCUT2D eigenvalue weighted by atomic mass is 10.1. The zero-order chi connectivity index (χ0) is 13.8. The van der Waals surface area contributed by atoms with Gasteiger partial charge in [-0.05, 0) is 12.5 Å². The number of nitrogens with zero attached hydrogens (tertiary/aromatic N) is 2. The molecule has 0 spiro atoms. The fraction of sp³-hybridized carbons (Fsp3) is 0.625. The average molecular weight is 274 g/mol. The van der Waals surface area contributed by atoms with Crippen molar-refractivity contribution in [3.05, 3.63) is 35.4 Å². The Bertz CT molecular complexity index is 387. The van der Waals surface area contributed by atoms with Gasteiger partial charge in [0.25, 0.3) is 0 Å². The number of piperazine rings is 2. The van der Waals surface area contributed by atoms with Crippen LogP contribution in [0.1, 0.15) is 17.3 Å². The van der Waals surface area contributed by atoms with Crippen LogP contribution in [-0.4, -0.2) is 62.2 Å². The summed E-state index contributed by atoms with van der Waals surface area (Å²) >= 11 is 0. The second-order valence-corrected chi connectivity index (χ2v) is 5.86. The molecule has 0 atom stereocenters. The smallest absolute Gasteiger partial charge is 0.0887 e. The Hall–Kier alpha value is -0.940. The van der Waals surface area contributed by atoms with E-state index in [1.54, 1.807) is 0 Å². The molecular formula is C16H26N4. The fourth-order valence-electron chi connectivity index (χ4n) is 3.24. The van der Waals surface area contributed by atoms with Gasteiger partial charge in [-0.2, -0.15) is 0 Å². The van der Waals surface area contributed by atoms with Gasteiger partial charge in [-0.25, -0.2) is 0 Å². The van der Waals surface area contributed by atoms with Crippen molar-refractivity contribution in [2.24, 2.45) is 0 Å². The summed E-state index contributed by atoms with van der Waals surface area (Å²) < 4.78 is 0. The Morgan fingerprint density at radius 1 is 0.800 bits per heavy atom. The summed E-state index contributed by atoms with van der Waals surface area (Å²) in [6, 6.07) is 9.10. The molecule has 2 aliphatic rings. The molecule has 2 N–H and O–H groups in total. The van der Waals surface area contributed by atoms with Crippen molar-refractivity contribution in [3.63, 3.8) is 0 Å². The molecule has 1 aromatic carbocycles. The van der Waals surface area contributed by atoms with Gasteiger partial charge in [0.05, 0.1) is 6.17 Å². The first-order chi connectivity index (χ1) is 9.84. The molecule has 0 saturated carbocycles. The van der Waals surface area contributed by atoms with Crippen molar-refractivity contribution >= 4 is 0 Å². The minimum atomic E-state index is 0.444. The van der Waals surface area contributed by atoms with Crippen molar-refractivity contribution < 1.29 is 0 Å². The Morgan fingerprint density at radius 3 is 1.70 bits per heavy atom. The zero-order valence-corrected chi connectivity index (χ0v) is 12.4. The number of rotatable bonds is 3. The molecule has 20 heavy (non-hydrogen) atoms. The zero-order valence-electron chi connectivity index (χ0n) is 12.4. The van der Waals surface area contributed by atoms with Gasteiger partial charge in [-0.15, -0.1) is 0 Å². The maximum atomic E-state index is 3.46. The first-order valence-electron chi connectivity index (χ1n) is 7.81. The lowest BCUT2D eigenvalue weighted by molar-refractivity contribution is 0.0243. The number of hydrogen-bond donors (Lipinski definition) is 2. The molecule has 4 nitrogen and oxygen atoms in total. The van der Waals surface area contributed by atoms with Gasteiger partial charge >= 0.3 is 0 Å². The summed E-state index contributed by atoms with van der Waals surface area (Å²) in [4.78, 5) is 5.26. The Balaban J connectivity index is 1.83. The van der Waals surface area contributed by atoms with Crippen LogP contribution in [0.3, 0.4) is 0 Å². The van der Waals surface area contributed by atoms with Crippen LogP contribution in [0.4, 0.5) is 0 Å². The van der Waals surface area contributed by atoms with E-state index in [-0.39, 0.29) is 0 Å². The molecule has 4 heteroatoms. The van der Waals surface area contributed by atoms with Crippen molar-refractivity contribution in [2.75, 3.05) is 52.4 Å². The lowest BCUT2D eigenvalue weighted by Gasteiger charge is -2.43. The maximum Gasteiger partial charge on any atom is 0.0887 e. The van der Waals surface area contributed by atoms with Crippen LogP contribution < -0.4 is 10.6 Å². The van der Waals surface area contributed by atoms with Gasteiger partial charge < -0.3 is 10.6 Å². The molecule has 3 rings (SSSR count). The Kier molecular flexibility index (Phi) is 4.68. The highest BCUT2D eigenvalue weighted by atomic mass is 15.4. The molecule has 0 aromatic heterocycles. The monoisotopic (exact) mass is 274 g/mol. The molecule has 110 valence electrons. The lowest BCUT2D eigenvalue weighted by Crippen LogP contribution is -2.54. The predicted molar refractivity (Wildman–Crippen MR) is 82.8 cm³/mol. The van der Waals surface area contributed by atoms with Crippen molar-refractivity contribution in [1.82, 2.24) is 20.4 Å². The molecule has 2 heterocycles. The van der Waals surface area contributed by atoms with Crippen LogP contribution in [0, 0.1) is 6.92 Å². The van der Waals surface area contributed by atoms with E-state index in [0.717, 1.165) is 52.4 Å². The number of nitrogens with one attached hydrogen (secondary N) is 2. The summed E-state index contributed by atoms with van der Waals surface area (Å²) in [5.74, 6) is 0. The van der Waals surface area contributed by atoms with E-state index < -0.39 is 0 Å². The summed E-state index contributed by atoms with van der Waals surface area (Å²) in [6.45, 7) is 11.1. The fourth-order valence-corrected chi connectivity index (χ4v) is 3.24. The van der Waals surface area contributed by atoms with E-state index in [1.165, 1.54) is 11.1 Å². The molecule has 0 unspecified atom stereocenters. The molecule has 2 aliphatic heterocycles. The summed E-state index contributed by atoms with van der Waals surface area (Å²) in [5, 5.41) is 6.92. The molecule has 0 bridgehead atoms. The SMILES string of the molecule is Cc1ccc(C(N2CCNCC2)N2CCNCC2)cc1. The normalized spacial score (nSPS) is 22.3. The standard InChI is InChI=1S/C16H26N4/c1-14-2-4-15(5-3-14)16(19-10-6-17-7-11-19)20-12-8-18-9-13-20/h2-5,16-18H,6-13H2,1H3. The van der Waals surface area contributed by atoms with E-state index in [9.17, 15) is 0 Å². The Morgan fingerprint density at radius 2 is 1.25 bits per heavy atom. The van der Waals surface area contributed by atoms with E-state index in [4.69, 9.17) is 0 Å². The van der Waals surface area contributed by atoms with Gasteiger partial charge in [-0.1, -0.05) is 29.8 Å². The van der Waals surface area contributed by atoms with E-state index >= 15 is 0 Å². The van der Waals surface area contributed by atoms with Crippen LogP contribution in [0.2, 0.25) is 0 Å². The highest BCUT2D eigenvalue weighted by molar-refractivity contribution is 5.24. The van der Waals surface area contributed by atoms with Gasteiger partial charge in [0.1, 0.15) is 0 Å². The summed E-state index contributed by atoms with van der Waals surface area (Å²) in [6.07, 6.45) is 0.444. The highest BCUT2D eigenvalue weighted by Gasteiger charge is 2.28. The van der Waals surface area contributed by atoms with Crippen molar-refractivity contribution in [2.45, 2.75) is 13.1 Å². The van der Waals surface area contributed by atoms with Gasteiger partial charge in [0.15, 0.2) is 0 Å². The van der Waals surface area contributed by atoms with Crippen LogP contribution in [0.15, 0.2) is 24.3 Å². The van der Waals surface area contributed by atoms with Crippen molar-refractivity contribution in [1.29, 1.82) is 0 Å². The molecular weight excluding hydrogens is 248 g/mol. The summed E-state index contributed by atoms with van der Waals surface area (Å²) in [7, 11) is 0. The third-order valence-electron chi connectivity index (χ3n) is 4.37. The number of benzene rings is 1. The first-order valence-corrected chi connectivity index (χ1v) is 7.81. The second kappa shape index (κ2) is 6.68. The third kappa shape index (κ3) is 3.20. The molecule has 2 saturated heterocycles. The van der Waals surface area contributed by atoms with E-state index in [1.807, 2.05) is 0 Å². The second-order valence-electron chi connectivity index (χ2n) is 5.86. The van der Waals surface area contributed by atoms with Crippen LogP contribution in [-0.2, 0) is 0 Å². The van der Waals surface area contributed by atoms with Crippen LogP contribution in [0.5, 0.6) is 0 Å². The summed E-state index contributed by atoms with van der Waals surface area (Å²) in [5.41, 5.74) is 2.78. The largest absolute Gasteiger partial charge is 0.314 e. The quantitative estimate of drug-likeness (QED) is 0.854. The van der Waals surface area contributed by atoms with E-state index in [2.05, 4.69) is 51.6 Å². The van der Waals surface area contributed by atoms with E-state index in [0.29, 0.717) is 6.17 Å². The van der Waals surface area contributed by atoms with Crippen molar-refractivity contribution in [3.8, 4) is 0 Å². The Labute approximate surface area is 122 Å². The minimum Gasteiger partial charge on any atom is -0.314 e. The van der Waals surface area contributed by atoms with Gasteiger partial charge in [0, 0.05) is 52.4 Å². The maximum absolute atomic E-state index is 3.46. The van der Waals surface area contributed by atoms with Crippen LogP contribution in [0.25, 0.3) is 0 Å². The number of aryl methyl sites for hydroxylation is 1. The molecule has 0 radical (unpaired) electrons. The van der Waals surface area contributed by atoms with Crippen LogP contribution >= 0.6 is 0 Å². The minimum absolute atomic E-state index is 0.444. The first kappa shape index (κ1) is 14.0. The predicted octanol–water partition coefficient (Wildman–Crippen LogP) is 0.804.